The molecule has 8 rings (SSSR count). The van der Waals surface area contributed by atoms with Crippen LogP contribution in [0.5, 0.6) is 0 Å². The van der Waals surface area contributed by atoms with E-state index in [9.17, 15) is 4.79 Å². The van der Waals surface area contributed by atoms with E-state index in [4.69, 9.17) is 4.74 Å². The lowest BCUT2D eigenvalue weighted by atomic mass is 9.47. The first kappa shape index (κ1) is 14.4. The maximum atomic E-state index is 11.7. The third kappa shape index (κ3) is 1.92. The number of ether oxygens (including phenoxy) is 1. The van der Waals surface area contributed by atoms with E-state index in [1.165, 1.54) is 57.8 Å². The van der Waals surface area contributed by atoms with Crippen LogP contribution in [0.2, 0.25) is 0 Å². The Morgan fingerprint density at radius 3 is 1.96 bits per heavy atom. The van der Waals surface area contributed by atoms with Gasteiger partial charge in [-0.25, -0.2) is 0 Å². The van der Waals surface area contributed by atoms with Crippen LogP contribution < -0.4 is 0 Å². The van der Waals surface area contributed by atoms with E-state index < -0.39 is 0 Å². The number of allylic oxidation sites excluding steroid dienone is 1. The first-order valence-corrected chi connectivity index (χ1v) is 10.6. The highest BCUT2D eigenvalue weighted by Crippen LogP contribution is 2.63. The summed E-state index contributed by atoms with van der Waals surface area (Å²) in [5, 5.41) is 0. The van der Waals surface area contributed by atoms with Crippen molar-refractivity contribution in [2.24, 2.45) is 47.3 Å². The van der Waals surface area contributed by atoms with Gasteiger partial charge >= 0.3 is 5.97 Å². The second-order valence-electron chi connectivity index (χ2n) is 10.2. The van der Waals surface area contributed by atoms with Crippen molar-refractivity contribution in [1.29, 1.82) is 0 Å². The molecule has 0 amide bonds. The molecule has 2 heteroatoms. The van der Waals surface area contributed by atoms with Gasteiger partial charge in [0.15, 0.2) is 0 Å². The smallest absolute Gasteiger partial charge is 0.302 e. The Morgan fingerprint density at radius 1 is 0.750 bits per heavy atom. The molecule has 130 valence electrons. The molecule has 0 aromatic rings. The van der Waals surface area contributed by atoms with Crippen molar-refractivity contribution in [2.45, 2.75) is 70.8 Å². The van der Waals surface area contributed by atoms with Gasteiger partial charge in [0.2, 0.25) is 0 Å². The van der Waals surface area contributed by atoms with E-state index in [1.54, 1.807) is 6.92 Å². The molecule has 8 saturated carbocycles. The van der Waals surface area contributed by atoms with Crippen LogP contribution in [0.4, 0.5) is 0 Å². The number of carbonyl (C=O) groups is 1. The van der Waals surface area contributed by atoms with E-state index in [-0.39, 0.29) is 12.1 Å². The molecule has 0 unspecified atom stereocenters. The Balaban J connectivity index is 1.42. The Bertz CT molecular complexity index is 587. The van der Waals surface area contributed by atoms with Crippen molar-refractivity contribution >= 4 is 5.97 Å². The van der Waals surface area contributed by atoms with Crippen LogP contribution in [0, 0.1) is 47.3 Å². The van der Waals surface area contributed by atoms with Gasteiger partial charge in [-0.2, -0.15) is 0 Å². The first-order chi connectivity index (χ1) is 11.7. The standard InChI is InChI=1S/C22H30O2/c1-11(23)24-22-18-8-14-7-17(10-18)21(19(22)9-14)20-15-3-12-2-13(5-15)6-16(20)4-12/h12-19,22H,2-10H2,1H3/t12?,13?,14-,15?,16?,17-,18+,19+,22+/m0/s1. The molecule has 0 aromatic heterocycles. The maximum absolute atomic E-state index is 11.7. The van der Waals surface area contributed by atoms with Gasteiger partial charge in [-0.1, -0.05) is 11.1 Å². The molecule has 0 aromatic carbocycles. The fourth-order valence-electron chi connectivity index (χ4n) is 8.61. The third-order valence-corrected chi connectivity index (χ3v) is 8.78. The summed E-state index contributed by atoms with van der Waals surface area (Å²) < 4.78 is 5.93. The van der Waals surface area contributed by atoms with Crippen molar-refractivity contribution < 1.29 is 9.53 Å². The summed E-state index contributed by atoms with van der Waals surface area (Å²) in [6, 6.07) is 0. The lowest BCUT2D eigenvalue weighted by Crippen LogP contribution is -2.53. The number of rotatable bonds is 1. The number of carbonyl (C=O) groups excluding carboxylic acids is 1. The predicted octanol–water partition coefficient (Wildman–Crippen LogP) is 4.74. The molecular formula is C22H30O2. The fourth-order valence-corrected chi connectivity index (χ4v) is 8.61. The predicted molar refractivity (Wildman–Crippen MR) is 92.1 cm³/mol. The van der Waals surface area contributed by atoms with Gasteiger partial charge in [-0.05, 0) is 99.2 Å². The molecule has 0 aliphatic heterocycles. The molecule has 2 nitrogen and oxygen atoms in total. The fraction of sp³-hybridized carbons (Fsp3) is 0.864. The van der Waals surface area contributed by atoms with Crippen LogP contribution in [0.1, 0.15) is 64.7 Å². The Labute approximate surface area is 145 Å². The van der Waals surface area contributed by atoms with E-state index in [2.05, 4.69) is 0 Å². The largest absolute Gasteiger partial charge is 0.462 e. The molecule has 0 heterocycles. The summed E-state index contributed by atoms with van der Waals surface area (Å²) in [5.41, 5.74) is 3.77. The van der Waals surface area contributed by atoms with Crippen LogP contribution in [0.15, 0.2) is 11.1 Å². The number of esters is 1. The van der Waals surface area contributed by atoms with Crippen molar-refractivity contribution in [3.8, 4) is 0 Å². The SMILES string of the molecule is CC(=O)O[C@@H]1[C@@H]2C[C@@H]3C[C@@H](C2)C(=C2C4CC5CC(C4)CC2C5)[C@H]1C3. The van der Waals surface area contributed by atoms with E-state index in [1.807, 2.05) is 11.1 Å². The second kappa shape index (κ2) is 4.89. The number of hydrogen-bond donors (Lipinski definition) is 0. The van der Waals surface area contributed by atoms with Gasteiger partial charge < -0.3 is 4.74 Å². The molecule has 8 bridgehead atoms. The highest BCUT2D eigenvalue weighted by Gasteiger charge is 2.55. The van der Waals surface area contributed by atoms with Crippen LogP contribution in [0.3, 0.4) is 0 Å². The summed E-state index contributed by atoms with van der Waals surface area (Å²) in [4.78, 5) is 11.7. The van der Waals surface area contributed by atoms with Crippen molar-refractivity contribution in [3.63, 3.8) is 0 Å². The van der Waals surface area contributed by atoms with Crippen LogP contribution >= 0.6 is 0 Å². The molecule has 0 saturated heterocycles. The topological polar surface area (TPSA) is 26.3 Å². The Kier molecular flexibility index (Phi) is 2.93. The Morgan fingerprint density at radius 2 is 1.33 bits per heavy atom. The molecule has 0 N–H and O–H groups in total. The zero-order valence-electron chi connectivity index (χ0n) is 14.9. The molecule has 5 atom stereocenters. The van der Waals surface area contributed by atoms with Crippen molar-refractivity contribution in [2.75, 3.05) is 0 Å². The van der Waals surface area contributed by atoms with Crippen molar-refractivity contribution in [3.05, 3.63) is 11.1 Å². The number of hydrogen-bond acceptors (Lipinski definition) is 2. The zero-order chi connectivity index (χ0) is 16.0. The van der Waals surface area contributed by atoms with Crippen molar-refractivity contribution in [1.82, 2.24) is 0 Å². The summed E-state index contributed by atoms with van der Waals surface area (Å²) in [6.45, 7) is 1.61. The van der Waals surface area contributed by atoms with E-state index in [0.29, 0.717) is 11.8 Å². The molecule has 0 radical (unpaired) electrons. The summed E-state index contributed by atoms with van der Waals surface area (Å²) in [5.74, 6) is 6.88. The average molecular weight is 326 g/mol. The minimum atomic E-state index is -0.0538. The van der Waals surface area contributed by atoms with E-state index in [0.717, 1.165) is 35.5 Å². The quantitative estimate of drug-likeness (QED) is 0.514. The molecule has 8 fully saturated rings. The average Bonchev–Trinajstić information content (AvgIpc) is 2.51. The monoisotopic (exact) mass is 326 g/mol. The first-order valence-electron chi connectivity index (χ1n) is 10.6. The third-order valence-electron chi connectivity index (χ3n) is 8.78. The highest BCUT2D eigenvalue weighted by atomic mass is 16.5. The zero-order valence-corrected chi connectivity index (χ0v) is 14.9. The summed E-state index contributed by atoms with van der Waals surface area (Å²) >= 11 is 0. The second-order valence-corrected chi connectivity index (χ2v) is 10.2. The molecule has 8 aliphatic rings. The lowest BCUT2D eigenvalue weighted by molar-refractivity contribution is -0.162. The Hall–Kier alpha value is -0.790. The van der Waals surface area contributed by atoms with Crippen LogP contribution in [0.25, 0.3) is 0 Å². The summed E-state index contributed by atoms with van der Waals surface area (Å²) in [7, 11) is 0. The molecule has 24 heavy (non-hydrogen) atoms. The normalized spacial score (nSPS) is 53.8. The van der Waals surface area contributed by atoms with Gasteiger partial charge in [-0.15, -0.1) is 0 Å². The van der Waals surface area contributed by atoms with Gasteiger partial charge in [0.05, 0.1) is 0 Å². The van der Waals surface area contributed by atoms with Gasteiger partial charge in [0.25, 0.3) is 0 Å². The van der Waals surface area contributed by atoms with Gasteiger partial charge in [0, 0.05) is 12.8 Å². The summed E-state index contributed by atoms with van der Waals surface area (Å²) in [6.07, 6.45) is 13.1. The maximum Gasteiger partial charge on any atom is 0.302 e. The molecular weight excluding hydrogens is 296 g/mol. The highest BCUT2D eigenvalue weighted by molar-refractivity contribution is 5.66. The molecule has 0 spiro atoms. The van der Waals surface area contributed by atoms with E-state index >= 15 is 0 Å². The molecule has 8 aliphatic carbocycles. The minimum absolute atomic E-state index is 0.0538. The van der Waals surface area contributed by atoms with Crippen LogP contribution in [-0.2, 0) is 9.53 Å². The van der Waals surface area contributed by atoms with Crippen LogP contribution in [-0.4, -0.2) is 12.1 Å². The van der Waals surface area contributed by atoms with Gasteiger partial charge in [0.1, 0.15) is 6.10 Å². The lowest BCUT2D eigenvalue weighted by Gasteiger charge is -2.59. The minimum Gasteiger partial charge on any atom is -0.462 e. The van der Waals surface area contributed by atoms with Gasteiger partial charge in [-0.3, -0.25) is 4.79 Å².